The Morgan fingerprint density at radius 3 is 2.50 bits per heavy atom. The van der Waals surface area contributed by atoms with Crippen LogP contribution in [0.15, 0.2) is 33.6 Å². The zero-order valence-electron chi connectivity index (χ0n) is 10.4. The summed E-state index contributed by atoms with van der Waals surface area (Å²) in [6.45, 7) is 3.73. The standard InChI is InChI=1S/C12H18BrNO3S/c1-9(8-15)7-10(2)14-18(16,17)12-6-4-3-5-11(12)13/h3-6,9-10,14-15H,7-8H2,1-2H3. The lowest BCUT2D eigenvalue weighted by molar-refractivity contribution is 0.223. The van der Waals surface area contributed by atoms with Gasteiger partial charge in [-0.05, 0) is 47.3 Å². The lowest BCUT2D eigenvalue weighted by Gasteiger charge is -2.17. The van der Waals surface area contributed by atoms with Crippen LogP contribution in [0.25, 0.3) is 0 Å². The van der Waals surface area contributed by atoms with Crippen molar-refractivity contribution in [3.63, 3.8) is 0 Å². The van der Waals surface area contributed by atoms with Gasteiger partial charge in [-0.2, -0.15) is 0 Å². The fraction of sp³-hybridized carbons (Fsp3) is 0.500. The Hall–Kier alpha value is -0.430. The molecule has 0 bridgehead atoms. The third-order valence-electron chi connectivity index (χ3n) is 2.55. The summed E-state index contributed by atoms with van der Waals surface area (Å²) in [5.74, 6) is 0.0712. The number of rotatable bonds is 6. The first-order valence-electron chi connectivity index (χ1n) is 5.74. The molecular weight excluding hydrogens is 318 g/mol. The monoisotopic (exact) mass is 335 g/mol. The van der Waals surface area contributed by atoms with Crippen molar-refractivity contribution < 1.29 is 13.5 Å². The van der Waals surface area contributed by atoms with E-state index in [1.54, 1.807) is 31.2 Å². The average molecular weight is 336 g/mol. The molecule has 6 heteroatoms. The minimum absolute atomic E-state index is 0.0566. The molecule has 0 aliphatic heterocycles. The molecule has 0 aliphatic rings. The van der Waals surface area contributed by atoms with E-state index in [0.717, 1.165) is 0 Å². The Bertz CT molecular complexity index is 490. The number of aliphatic hydroxyl groups excluding tert-OH is 1. The van der Waals surface area contributed by atoms with Crippen molar-refractivity contribution in [1.29, 1.82) is 0 Å². The Morgan fingerprint density at radius 1 is 1.33 bits per heavy atom. The average Bonchev–Trinajstić information content (AvgIpc) is 2.28. The van der Waals surface area contributed by atoms with Gasteiger partial charge in [0.1, 0.15) is 0 Å². The maximum Gasteiger partial charge on any atom is 0.241 e. The summed E-state index contributed by atoms with van der Waals surface area (Å²) in [5, 5.41) is 8.96. The van der Waals surface area contributed by atoms with Crippen molar-refractivity contribution in [2.75, 3.05) is 6.61 Å². The van der Waals surface area contributed by atoms with Crippen molar-refractivity contribution >= 4 is 26.0 Å². The molecule has 1 aromatic rings. The number of sulfonamides is 1. The summed E-state index contributed by atoms with van der Waals surface area (Å²) in [6, 6.07) is 6.47. The first kappa shape index (κ1) is 15.6. The first-order chi connectivity index (χ1) is 8.36. The lowest BCUT2D eigenvalue weighted by atomic mass is 10.1. The summed E-state index contributed by atoms with van der Waals surface area (Å²) in [4.78, 5) is 0.230. The molecule has 4 nitrogen and oxygen atoms in total. The van der Waals surface area contributed by atoms with Gasteiger partial charge < -0.3 is 5.11 Å². The molecule has 2 atom stereocenters. The summed E-state index contributed by atoms with van der Waals surface area (Å²) in [6.07, 6.45) is 0.597. The van der Waals surface area contributed by atoms with Gasteiger partial charge in [0.05, 0.1) is 4.90 Å². The molecule has 0 heterocycles. The summed E-state index contributed by atoms with van der Waals surface area (Å²) >= 11 is 3.23. The smallest absolute Gasteiger partial charge is 0.241 e. The number of hydrogen-bond acceptors (Lipinski definition) is 3. The molecule has 0 aromatic heterocycles. The van der Waals surface area contributed by atoms with Crippen LogP contribution in [0, 0.1) is 5.92 Å². The van der Waals surface area contributed by atoms with Gasteiger partial charge in [0.2, 0.25) is 10.0 Å². The van der Waals surface area contributed by atoms with Gasteiger partial charge in [-0.3, -0.25) is 0 Å². The Balaban J connectivity index is 2.80. The molecule has 1 aromatic carbocycles. The highest BCUT2D eigenvalue weighted by Crippen LogP contribution is 2.21. The van der Waals surface area contributed by atoms with Crippen LogP contribution in [0.4, 0.5) is 0 Å². The zero-order valence-corrected chi connectivity index (χ0v) is 12.8. The number of aliphatic hydroxyl groups is 1. The minimum atomic E-state index is -3.52. The van der Waals surface area contributed by atoms with Crippen LogP contribution in [0.2, 0.25) is 0 Å². The van der Waals surface area contributed by atoms with Crippen LogP contribution in [-0.2, 0) is 10.0 Å². The Kier molecular flexibility index (Phi) is 5.78. The van der Waals surface area contributed by atoms with Crippen LogP contribution in [0.3, 0.4) is 0 Å². The molecule has 0 spiro atoms. The van der Waals surface area contributed by atoms with Crippen molar-refractivity contribution in [3.8, 4) is 0 Å². The molecule has 0 radical (unpaired) electrons. The van der Waals surface area contributed by atoms with E-state index in [9.17, 15) is 8.42 Å². The summed E-state index contributed by atoms with van der Waals surface area (Å²) < 4.78 is 27.4. The molecule has 0 saturated carbocycles. The van der Waals surface area contributed by atoms with E-state index in [2.05, 4.69) is 20.7 Å². The second-order valence-electron chi connectivity index (χ2n) is 4.48. The zero-order chi connectivity index (χ0) is 13.8. The van der Waals surface area contributed by atoms with E-state index in [1.165, 1.54) is 0 Å². The van der Waals surface area contributed by atoms with Gasteiger partial charge in [0.25, 0.3) is 0 Å². The number of nitrogens with one attached hydrogen (secondary N) is 1. The van der Waals surface area contributed by atoms with Crippen LogP contribution in [-0.4, -0.2) is 26.2 Å². The van der Waals surface area contributed by atoms with Gasteiger partial charge in [-0.1, -0.05) is 19.1 Å². The molecule has 0 saturated heterocycles. The molecule has 102 valence electrons. The first-order valence-corrected chi connectivity index (χ1v) is 8.02. The highest BCUT2D eigenvalue weighted by atomic mass is 79.9. The molecule has 0 amide bonds. The van der Waals surface area contributed by atoms with E-state index in [-0.39, 0.29) is 23.5 Å². The molecular formula is C12H18BrNO3S. The molecule has 18 heavy (non-hydrogen) atoms. The summed E-state index contributed by atoms with van der Waals surface area (Å²) in [5.41, 5.74) is 0. The van der Waals surface area contributed by atoms with Crippen LogP contribution < -0.4 is 4.72 Å². The second-order valence-corrected chi connectivity index (χ2v) is 7.01. The van der Waals surface area contributed by atoms with Gasteiger partial charge in [-0.25, -0.2) is 13.1 Å². The van der Waals surface area contributed by atoms with E-state index in [4.69, 9.17) is 5.11 Å². The van der Waals surface area contributed by atoms with Crippen LogP contribution >= 0.6 is 15.9 Å². The van der Waals surface area contributed by atoms with Gasteiger partial charge >= 0.3 is 0 Å². The van der Waals surface area contributed by atoms with Gasteiger partial charge in [-0.15, -0.1) is 0 Å². The molecule has 0 fully saturated rings. The molecule has 2 N–H and O–H groups in total. The fourth-order valence-electron chi connectivity index (χ4n) is 1.72. The number of hydrogen-bond donors (Lipinski definition) is 2. The molecule has 0 aliphatic carbocycles. The van der Waals surface area contributed by atoms with Crippen molar-refractivity contribution in [2.24, 2.45) is 5.92 Å². The third-order valence-corrected chi connectivity index (χ3v) is 5.15. The van der Waals surface area contributed by atoms with E-state index in [0.29, 0.717) is 10.9 Å². The highest BCUT2D eigenvalue weighted by Gasteiger charge is 2.20. The topological polar surface area (TPSA) is 66.4 Å². The van der Waals surface area contributed by atoms with Crippen molar-refractivity contribution in [3.05, 3.63) is 28.7 Å². The number of halogens is 1. The van der Waals surface area contributed by atoms with Crippen molar-refractivity contribution in [2.45, 2.75) is 31.2 Å². The Morgan fingerprint density at radius 2 is 1.94 bits per heavy atom. The quantitative estimate of drug-likeness (QED) is 0.836. The van der Waals surface area contributed by atoms with Gasteiger partial charge in [0.15, 0.2) is 0 Å². The maximum atomic E-state index is 12.1. The normalized spacial score (nSPS) is 15.3. The fourth-order valence-corrected chi connectivity index (χ4v) is 3.98. The predicted octanol–water partition coefficient (Wildman–Crippen LogP) is 2.13. The number of benzene rings is 1. The molecule has 2 unspecified atom stereocenters. The van der Waals surface area contributed by atoms with E-state index >= 15 is 0 Å². The Labute approximate surface area is 117 Å². The van der Waals surface area contributed by atoms with E-state index in [1.807, 2.05) is 6.92 Å². The molecule has 1 rings (SSSR count). The van der Waals surface area contributed by atoms with Crippen LogP contribution in [0.5, 0.6) is 0 Å². The lowest BCUT2D eigenvalue weighted by Crippen LogP contribution is -2.34. The van der Waals surface area contributed by atoms with E-state index < -0.39 is 10.0 Å². The van der Waals surface area contributed by atoms with Crippen molar-refractivity contribution in [1.82, 2.24) is 4.72 Å². The maximum absolute atomic E-state index is 12.1. The second kappa shape index (κ2) is 6.65. The predicted molar refractivity (Wildman–Crippen MR) is 74.8 cm³/mol. The SMILES string of the molecule is CC(CO)CC(C)NS(=O)(=O)c1ccccc1Br. The van der Waals surface area contributed by atoms with Crippen LogP contribution in [0.1, 0.15) is 20.3 Å². The highest BCUT2D eigenvalue weighted by molar-refractivity contribution is 9.10. The van der Waals surface area contributed by atoms with Gasteiger partial charge in [0, 0.05) is 17.1 Å². The largest absolute Gasteiger partial charge is 0.396 e. The summed E-state index contributed by atoms with van der Waals surface area (Å²) in [7, 11) is -3.52. The third kappa shape index (κ3) is 4.35. The minimum Gasteiger partial charge on any atom is -0.396 e.